The molecule has 102 valence electrons. The summed E-state index contributed by atoms with van der Waals surface area (Å²) < 4.78 is 5.75. The monoisotopic (exact) mass is 265 g/mol. The molecule has 0 radical (unpaired) electrons. The first-order chi connectivity index (χ1) is 9.78. The number of ether oxygens (including phenoxy) is 1. The van der Waals surface area contributed by atoms with Crippen LogP contribution in [0, 0.1) is 0 Å². The Bertz CT molecular complexity index is 616. The molecule has 1 aliphatic heterocycles. The predicted octanol–water partition coefficient (Wildman–Crippen LogP) is 4.42. The van der Waals surface area contributed by atoms with Gasteiger partial charge in [0.1, 0.15) is 5.75 Å². The Morgan fingerprint density at radius 1 is 1.10 bits per heavy atom. The zero-order chi connectivity index (χ0) is 13.9. The smallest absolute Gasteiger partial charge is 0.124 e. The van der Waals surface area contributed by atoms with Crippen molar-refractivity contribution in [2.24, 2.45) is 0 Å². The molecular formula is C18H19NO. The highest BCUT2D eigenvalue weighted by atomic mass is 16.5. The summed E-state index contributed by atoms with van der Waals surface area (Å²) in [6, 6.07) is 14.8. The van der Waals surface area contributed by atoms with Crippen molar-refractivity contribution < 1.29 is 4.74 Å². The summed E-state index contributed by atoms with van der Waals surface area (Å²) in [6.07, 6.45) is 4.09. The number of hydrogen-bond donors (Lipinski definition) is 0. The molecular weight excluding hydrogens is 246 g/mol. The SMILES string of the molecule is C=Cc1ccc(N(C)c2ccc3c(c2)OCCC3)cc1. The minimum Gasteiger partial charge on any atom is -0.493 e. The Kier molecular flexibility index (Phi) is 3.46. The zero-order valence-electron chi connectivity index (χ0n) is 11.8. The molecule has 0 aromatic heterocycles. The summed E-state index contributed by atoms with van der Waals surface area (Å²) in [4.78, 5) is 2.17. The molecule has 2 aromatic carbocycles. The van der Waals surface area contributed by atoms with Crippen molar-refractivity contribution in [3.63, 3.8) is 0 Å². The molecule has 0 saturated carbocycles. The van der Waals surface area contributed by atoms with Crippen molar-refractivity contribution in [1.82, 2.24) is 0 Å². The van der Waals surface area contributed by atoms with E-state index in [1.165, 1.54) is 5.56 Å². The first-order valence-corrected chi connectivity index (χ1v) is 7.00. The highest BCUT2D eigenvalue weighted by Crippen LogP contribution is 2.32. The van der Waals surface area contributed by atoms with Crippen LogP contribution in [-0.4, -0.2) is 13.7 Å². The maximum absolute atomic E-state index is 5.75. The van der Waals surface area contributed by atoms with Crippen LogP contribution < -0.4 is 9.64 Å². The van der Waals surface area contributed by atoms with E-state index >= 15 is 0 Å². The van der Waals surface area contributed by atoms with Crippen LogP contribution in [0.4, 0.5) is 11.4 Å². The Morgan fingerprint density at radius 3 is 2.60 bits per heavy atom. The highest BCUT2D eigenvalue weighted by Gasteiger charge is 2.12. The maximum Gasteiger partial charge on any atom is 0.124 e. The van der Waals surface area contributed by atoms with E-state index in [9.17, 15) is 0 Å². The number of benzene rings is 2. The van der Waals surface area contributed by atoms with Crippen LogP contribution in [0.2, 0.25) is 0 Å². The molecule has 1 heterocycles. The van der Waals surface area contributed by atoms with E-state index in [2.05, 4.69) is 61.0 Å². The third kappa shape index (κ3) is 2.42. The van der Waals surface area contributed by atoms with E-state index < -0.39 is 0 Å². The topological polar surface area (TPSA) is 12.5 Å². The highest BCUT2D eigenvalue weighted by molar-refractivity contribution is 5.66. The lowest BCUT2D eigenvalue weighted by Crippen LogP contribution is -2.12. The normalized spacial score (nSPS) is 13.2. The van der Waals surface area contributed by atoms with Crippen molar-refractivity contribution in [3.8, 4) is 5.75 Å². The number of fused-ring (bicyclic) bond motifs is 1. The van der Waals surface area contributed by atoms with Crippen LogP contribution in [0.15, 0.2) is 49.0 Å². The molecule has 2 aromatic rings. The number of rotatable bonds is 3. The Labute approximate surface area is 120 Å². The second kappa shape index (κ2) is 5.41. The van der Waals surface area contributed by atoms with Crippen LogP contribution in [0.3, 0.4) is 0 Å². The first kappa shape index (κ1) is 12.8. The minimum atomic E-state index is 0.828. The molecule has 0 bridgehead atoms. The first-order valence-electron chi connectivity index (χ1n) is 7.00. The Balaban J connectivity index is 1.89. The predicted molar refractivity (Wildman–Crippen MR) is 84.9 cm³/mol. The van der Waals surface area contributed by atoms with Gasteiger partial charge in [-0.15, -0.1) is 0 Å². The van der Waals surface area contributed by atoms with E-state index in [0.29, 0.717) is 0 Å². The summed E-state index contributed by atoms with van der Waals surface area (Å²) in [5.41, 5.74) is 4.76. The summed E-state index contributed by atoms with van der Waals surface area (Å²) in [7, 11) is 2.08. The molecule has 0 saturated heterocycles. The molecule has 0 amide bonds. The molecule has 1 aliphatic rings. The van der Waals surface area contributed by atoms with E-state index in [0.717, 1.165) is 42.1 Å². The molecule has 2 heteroatoms. The number of hydrogen-bond acceptors (Lipinski definition) is 2. The van der Waals surface area contributed by atoms with Gasteiger partial charge in [0.05, 0.1) is 6.61 Å². The van der Waals surface area contributed by atoms with E-state index in [4.69, 9.17) is 4.74 Å². The number of nitrogens with zero attached hydrogens (tertiary/aromatic N) is 1. The lowest BCUT2D eigenvalue weighted by atomic mass is 10.1. The van der Waals surface area contributed by atoms with E-state index in [1.807, 2.05) is 6.08 Å². The van der Waals surface area contributed by atoms with Gasteiger partial charge in [0.2, 0.25) is 0 Å². The van der Waals surface area contributed by atoms with Gasteiger partial charge in [0, 0.05) is 24.5 Å². The largest absolute Gasteiger partial charge is 0.493 e. The molecule has 0 fully saturated rings. The standard InChI is InChI=1S/C18H19NO/c1-3-14-6-9-16(10-7-14)19(2)17-11-8-15-5-4-12-20-18(15)13-17/h3,6-11,13H,1,4-5,12H2,2H3. The van der Waals surface area contributed by atoms with Crippen LogP contribution >= 0.6 is 0 Å². The lowest BCUT2D eigenvalue weighted by Gasteiger charge is -2.23. The van der Waals surface area contributed by atoms with Crippen LogP contribution in [0.1, 0.15) is 17.5 Å². The number of anilines is 2. The fraction of sp³-hybridized carbons (Fsp3) is 0.222. The summed E-state index contributed by atoms with van der Waals surface area (Å²) in [5, 5.41) is 0. The third-order valence-corrected chi connectivity index (χ3v) is 3.80. The van der Waals surface area contributed by atoms with Gasteiger partial charge in [-0.05, 0) is 42.2 Å². The van der Waals surface area contributed by atoms with Crippen LogP contribution in [0.5, 0.6) is 5.75 Å². The maximum atomic E-state index is 5.75. The van der Waals surface area contributed by atoms with Gasteiger partial charge in [-0.3, -0.25) is 0 Å². The fourth-order valence-corrected chi connectivity index (χ4v) is 2.52. The van der Waals surface area contributed by atoms with Crippen molar-refractivity contribution in [2.75, 3.05) is 18.6 Å². The van der Waals surface area contributed by atoms with Gasteiger partial charge >= 0.3 is 0 Å². The molecule has 20 heavy (non-hydrogen) atoms. The molecule has 0 N–H and O–H groups in total. The fourth-order valence-electron chi connectivity index (χ4n) is 2.52. The average molecular weight is 265 g/mol. The summed E-state index contributed by atoms with van der Waals surface area (Å²) in [6.45, 7) is 4.61. The van der Waals surface area contributed by atoms with Crippen molar-refractivity contribution in [2.45, 2.75) is 12.8 Å². The van der Waals surface area contributed by atoms with E-state index in [-0.39, 0.29) is 0 Å². The van der Waals surface area contributed by atoms with Crippen LogP contribution in [-0.2, 0) is 6.42 Å². The molecule has 2 nitrogen and oxygen atoms in total. The van der Waals surface area contributed by atoms with Crippen molar-refractivity contribution in [1.29, 1.82) is 0 Å². The Morgan fingerprint density at radius 2 is 1.85 bits per heavy atom. The molecule has 0 aliphatic carbocycles. The average Bonchev–Trinajstić information content (AvgIpc) is 2.54. The van der Waals surface area contributed by atoms with Gasteiger partial charge in [-0.1, -0.05) is 30.9 Å². The van der Waals surface area contributed by atoms with Gasteiger partial charge < -0.3 is 9.64 Å². The number of aryl methyl sites for hydroxylation is 1. The van der Waals surface area contributed by atoms with Gasteiger partial charge in [-0.2, -0.15) is 0 Å². The van der Waals surface area contributed by atoms with Crippen molar-refractivity contribution in [3.05, 3.63) is 60.2 Å². The summed E-state index contributed by atoms with van der Waals surface area (Å²) in [5.74, 6) is 1.03. The van der Waals surface area contributed by atoms with Crippen LogP contribution in [0.25, 0.3) is 6.08 Å². The van der Waals surface area contributed by atoms with Gasteiger partial charge in [-0.25, -0.2) is 0 Å². The van der Waals surface area contributed by atoms with Gasteiger partial charge in [0.15, 0.2) is 0 Å². The second-order valence-electron chi connectivity index (χ2n) is 5.10. The summed E-state index contributed by atoms with van der Waals surface area (Å²) >= 11 is 0. The minimum absolute atomic E-state index is 0.828. The van der Waals surface area contributed by atoms with E-state index in [1.54, 1.807) is 0 Å². The lowest BCUT2D eigenvalue weighted by molar-refractivity contribution is 0.288. The quantitative estimate of drug-likeness (QED) is 0.814. The second-order valence-corrected chi connectivity index (χ2v) is 5.10. The molecule has 0 unspecified atom stereocenters. The van der Waals surface area contributed by atoms with Gasteiger partial charge in [0.25, 0.3) is 0 Å². The third-order valence-electron chi connectivity index (χ3n) is 3.80. The van der Waals surface area contributed by atoms with Crippen molar-refractivity contribution >= 4 is 17.5 Å². The zero-order valence-corrected chi connectivity index (χ0v) is 11.8. The molecule has 0 atom stereocenters. The Hall–Kier alpha value is -2.22. The molecule has 0 spiro atoms. The molecule has 3 rings (SSSR count).